The van der Waals surface area contributed by atoms with Crippen LogP contribution >= 0.6 is 0 Å². The van der Waals surface area contributed by atoms with Gasteiger partial charge < -0.3 is 15.4 Å². The van der Waals surface area contributed by atoms with Gasteiger partial charge in [0.15, 0.2) is 0 Å². The quantitative estimate of drug-likeness (QED) is 0.645. The van der Waals surface area contributed by atoms with Crippen molar-refractivity contribution in [1.82, 2.24) is 10.6 Å². The number of benzene rings is 1. The summed E-state index contributed by atoms with van der Waals surface area (Å²) < 4.78 is 5.61. The third-order valence-corrected chi connectivity index (χ3v) is 2.57. The van der Waals surface area contributed by atoms with E-state index in [1.54, 1.807) is 0 Å². The molecule has 0 amide bonds. The van der Waals surface area contributed by atoms with Gasteiger partial charge in [-0.15, -0.1) is 0 Å². The third-order valence-electron chi connectivity index (χ3n) is 2.57. The second-order valence-corrected chi connectivity index (χ2v) is 4.13. The topological polar surface area (TPSA) is 33.3 Å². The molecule has 0 spiro atoms. The van der Waals surface area contributed by atoms with E-state index in [-0.39, 0.29) is 0 Å². The molecule has 0 aliphatic rings. The fourth-order valence-corrected chi connectivity index (χ4v) is 1.48. The van der Waals surface area contributed by atoms with Crippen LogP contribution in [0.3, 0.4) is 0 Å². The van der Waals surface area contributed by atoms with E-state index in [0.717, 1.165) is 38.4 Å². The van der Waals surface area contributed by atoms with Gasteiger partial charge in [0.2, 0.25) is 0 Å². The number of ether oxygens (including phenoxy) is 1. The van der Waals surface area contributed by atoms with Crippen molar-refractivity contribution in [2.75, 3.05) is 26.7 Å². The Morgan fingerprint density at radius 3 is 2.53 bits per heavy atom. The zero-order valence-corrected chi connectivity index (χ0v) is 11.0. The molecule has 0 bridgehead atoms. The number of rotatable bonds is 9. The van der Waals surface area contributed by atoms with Gasteiger partial charge in [0.05, 0.1) is 6.61 Å². The Bertz CT molecular complexity index is 285. The maximum atomic E-state index is 5.61. The van der Waals surface area contributed by atoms with E-state index < -0.39 is 0 Å². The van der Waals surface area contributed by atoms with Crippen LogP contribution in [0, 0.1) is 0 Å². The first-order valence-corrected chi connectivity index (χ1v) is 6.44. The van der Waals surface area contributed by atoms with E-state index in [1.165, 1.54) is 12.0 Å². The lowest BCUT2D eigenvalue weighted by Crippen LogP contribution is -2.24. The smallest absolute Gasteiger partial charge is 0.119 e. The fraction of sp³-hybridized carbons (Fsp3) is 0.571. The fourth-order valence-electron chi connectivity index (χ4n) is 1.48. The van der Waals surface area contributed by atoms with Gasteiger partial charge >= 0.3 is 0 Å². The predicted octanol–water partition coefficient (Wildman–Crippen LogP) is 2.17. The largest absolute Gasteiger partial charge is 0.494 e. The Balaban J connectivity index is 2.24. The van der Waals surface area contributed by atoms with Crippen molar-refractivity contribution in [3.8, 4) is 5.75 Å². The average Bonchev–Trinajstić information content (AvgIpc) is 2.37. The second-order valence-electron chi connectivity index (χ2n) is 4.13. The molecule has 3 heteroatoms. The van der Waals surface area contributed by atoms with Gasteiger partial charge in [-0.3, -0.25) is 0 Å². The second kappa shape index (κ2) is 9.02. The zero-order chi connectivity index (χ0) is 12.3. The van der Waals surface area contributed by atoms with Crippen LogP contribution in [0.5, 0.6) is 5.75 Å². The average molecular weight is 236 g/mol. The summed E-state index contributed by atoms with van der Waals surface area (Å²) in [6.07, 6.45) is 2.29. The summed E-state index contributed by atoms with van der Waals surface area (Å²) in [7, 11) is 1.96. The van der Waals surface area contributed by atoms with Crippen LogP contribution in [-0.4, -0.2) is 26.7 Å². The first-order valence-electron chi connectivity index (χ1n) is 6.44. The minimum atomic E-state index is 0.816. The van der Waals surface area contributed by atoms with Crippen molar-refractivity contribution in [3.63, 3.8) is 0 Å². The standard InChI is InChI=1S/C14H24N2O/c1-3-4-11-17-14-7-5-13(6-8-14)12-16-10-9-15-2/h5-8,15-16H,3-4,9-12H2,1-2H3. The van der Waals surface area contributed by atoms with E-state index in [9.17, 15) is 0 Å². The van der Waals surface area contributed by atoms with Gasteiger partial charge in [-0.05, 0) is 31.2 Å². The van der Waals surface area contributed by atoms with E-state index in [1.807, 2.05) is 19.2 Å². The number of likely N-dealkylation sites (N-methyl/N-ethyl adjacent to an activating group) is 1. The van der Waals surface area contributed by atoms with Crippen molar-refractivity contribution in [3.05, 3.63) is 29.8 Å². The maximum absolute atomic E-state index is 5.61. The molecule has 0 fully saturated rings. The molecule has 0 radical (unpaired) electrons. The summed E-state index contributed by atoms with van der Waals surface area (Å²) in [5.74, 6) is 0.970. The Morgan fingerprint density at radius 2 is 1.88 bits per heavy atom. The van der Waals surface area contributed by atoms with Crippen LogP contribution in [0.25, 0.3) is 0 Å². The van der Waals surface area contributed by atoms with Gasteiger partial charge in [0, 0.05) is 19.6 Å². The molecule has 0 saturated heterocycles. The van der Waals surface area contributed by atoms with Crippen molar-refractivity contribution in [2.24, 2.45) is 0 Å². The lowest BCUT2D eigenvalue weighted by molar-refractivity contribution is 0.309. The Labute approximate surface area is 105 Å². The van der Waals surface area contributed by atoms with Gasteiger partial charge in [-0.25, -0.2) is 0 Å². The number of nitrogens with one attached hydrogen (secondary N) is 2. The monoisotopic (exact) mass is 236 g/mol. The van der Waals surface area contributed by atoms with E-state index in [4.69, 9.17) is 4.74 Å². The van der Waals surface area contributed by atoms with Crippen LogP contribution < -0.4 is 15.4 Å². The molecular weight excluding hydrogens is 212 g/mol. The SMILES string of the molecule is CCCCOc1ccc(CNCCNC)cc1. The van der Waals surface area contributed by atoms with Crippen molar-refractivity contribution in [2.45, 2.75) is 26.3 Å². The highest BCUT2D eigenvalue weighted by Crippen LogP contribution is 2.12. The summed E-state index contributed by atoms with van der Waals surface area (Å²) in [6.45, 7) is 5.89. The Kier molecular flexibility index (Phi) is 7.43. The summed E-state index contributed by atoms with van der Waals surface area (Å²) in [6, 6.07) is 8.33. The molecule has 3 nitrogen and oxygen atoms in total. The number of unbranched alkanes of at least 4 members (excludes halogenated alkanes) is 1. The first-order chi connectivity index (χ1) is 8.36. The van der Waals surface area contributed by atoms with Crippen LogP contribution in [-0.2, 0) is 6.54 Å². The molecule has 0 atom stereocenters. The molecule has 0 aromatic heterocycles. The highest BCUT2D eigenvalue weighted by molar-refractivity contribution is 5.27. The number of hydrogen-bond donors (Lipinski definition) is 2. The van der Waals surface area contributed by atoms with Crippen molar-refractivity contribution < 1.29 is 4.74 Å². The van der Waals surface area contributed by atoms with E-state index in [0.29, 0.717) is 0 Å². The summed E-state index contributed by atoms with van der Waals surface area (Å²) in [5.41, 5.74) is 1.30. The summed E-state index contributed by atoms with van der Waals surface area (Å²) in [4.78, 5) is 0. The molecule has 96 valence electrons. The molecule has 1 rings (SSSR count). The van der Waals surface area contributed by atoms with Gasteiger partial charge in [-0.2, -0.15) is 0 Å². The minimum absolute atomic E-state index is 0.816. The van der Waals surface area contributed by atoms with Gasteiger partial charge in [-0.1, -0.05) is 25.5 Å². The minimum Gasteiger partial charge on any atom is -0.494 e. The first kappa shape index (κ1) is 14.0. The van der Waals surface area contributed by atoms with Crippen LogP contribution in [0.2, 0.25) is 0 Å². The molecule has 0 aliphatic carbocycles. The van der Waals surface area contributed by atoms with Crippen LogP contribution in [0.15, 0.2) is 24.3 Å². The lowest BCUT2D eigenvalue weighted by Gasteiger charge is -2.07. The molecule has 1 aromatic rings. The zero-order valence-electron chi connectivity index (χ0n) is 11.0. The number of hydrogen-bond acceptors (Lipinski definition) is 3. The molecule has 1 aromatic carbocycles. The summed E-state index contributed by atoms with van der Waals surface area (Å²) >= 11 is 0. The molecule has 2 N–H and O–H groups in total. The Hall–Kier alpha value is -1.06. The molecule has 0 unspecified atom stereocenters. The van der Waals surface area contributed by atoms with Crippen LogP contribution in [0.1, 0.15) is 25.3 Å². The van der Waals surface area contributed by atoms with Gasteiger partial charge in [0.25, 0.3) is 0 Å². The molecule has 17 heavy (non-hydrogen) atoms. The van der Waals surface area contributed by atoms with Crippen molar-refractivity contribution in [1.29, 1.82) is 0 Å². The molecular formula is C14H24N2O. The lowest BCUT2D eigenvalue weighted by atomic mass is 10.2. The molecule has 0 saturated carbocycles. The highest BCUT2D eigenvalue weighted by Gasteiger charge is 1.95. The van der Waals surface area contributed by atoms with Gasteiger partial charge in [0.1, 0.15) is 5.75 Å². The third kappa shape index (κ3) is 6.29. The maximum Gasteiger partial charge on any atom is 0.119 e. The molecule has 0 heterocycles. The van der Waals surface area contributed by atoms with E-state index in [2.05, 4.69) is 29.7 Å². The highest BCUT2D eigenvalue weighted by atomic mass is 16.5. The molecule has 0 aliphatic heterocycles. The van der Waals surface area contributed by atoms with E-state index >= 15 is 0 Å². The summed E-state index contributed by atoms with van der Waals surface area (Å²) in [5, 5.41) is 6.48. The predicted molar refractivity (Wildman–Crippen MR) is 72.5 cm³/mol. The van der Waals surface area contributed by atoms with Crippen molar-refractivity contribution >= 4 is 0 Å². The van der Waals surface area contributed by atoms with Crippen LogP contribution in [0.4, 0.5) is 0 Å². The normalized spacial score (nSPS) is 10.5. The Morgan fingerprint density at radius 1 is 1.12 bits per heavy atom.